The van der Waals surface area contributed by atoms with E-state index in [-0.39, 0.29) is 24.0 Å². The monoisotopic (exact) mass is 357 g/mol. The molecule has 0 bridgehead atoms. The fourth-order valence-corrected chi connectivity index (χ4v) is 4.45. The van der Waals surface area contributed by atoms with E-state index >= 15 is 0 Å². The van der Waals surface area contributed by atoms with E-state index in [9.17, 15) is 10.00 Å². The van der Waals surface area contributed by atoms with Crippen LogP contribution >= 0.6 is 7.82 Å². The molecule has 2 saturated heterocycles. The maximum absolute atomic E-state index is 10.2. The van der Waals surface area contributed by atoms with Gasteiger partial charge in [0.25, 0.3) is 0 Å². The molecule has 2 aliphatic rings. The molecule has 0 aliphatic carbocycles. The van der Waals surface area contributed by atoms with E-state index in [1.54, 1.807) is 0 Å². The van der Waals surface area contributed by atoms with Gasteiger partial charge >= 0.3 is 137 Å². The molecule has 0 spiro atoms. The molecule has 0 aromatic carbocycles. The average molecular weight is 357 g/mol. The summed E-state index contributed by atoms with van der Waals surface area (Å²) in [5.41, 5.74) is 6.36. The van der Waals surface area contributed by atoms with Gasteiger partial charge < -0.3 is 0 Å². The van der Waals surface area contributed by atoms with Gasteiger partial charge in [0.1, 0.15) is 0 Å². The van der Waals surface area contributed by atoms with Crippen LogP contribution in [0.2, 0.25) is 0 Å². The molecular formula is C11H17BN5O6P. The number of methoxy groups -OCH3 is 1. The molecule has 4 heterocycles. The first kappa shape index (κ1) is 15.9. The molecule has 2 aliphatic heterocycles. The van der Waals surface area contributed by atoms with E-state index in [1.165, 1.54) is 25.6 Å². The third-order valence-corrected chi connectivity index (χ3v) is 5.58. The van der Waals surface area contributed by atoms with Crippen molar-refractivity contribution in [2.24, 2.45) is 0 Å². The van der Waals surface area contributed by atoms with E-state index in [0.29, 0.717) is 5.65 Å². The van der Waals surface area contributed by atoms with Crippen molar-refractivity contribution in [3.8, 4) is 6.01 Å². The zero-order valence-electron chi connectivity index (χ0n) is 13.0. The third-order valence-electron chi connectivity index (χ3n) is 4.17. The quantitative estimate of drug-likeness (QED) is 0.427. The van der Waals surface area contributed by atoms with Crippen LogP contribution < -0.4 is 5.73 Å². The zero-order chi connectivity index (χ0) is 17.1. The second-order valence-electron chi connectivity index (χ2n) is 5.77. The topological polar surface area (TPSA) is 147 Å². The summed E-state index contributed by atoms with van der Waals surface area (Å²) in [5, 5.41) is 10.2. The van der Waals surface area contributed by atoms with Crippen LogP contribution in [-0.2, 0) is 18.5 Å². The Morgan fingerprint density at radius 3 is 3.04 bits per heavy atom. The predicted molar refractivity (Wildman–Crippen MR) is 86.0 cm³/mol. The molecule has 11 nitrogen and oxygen atoms in total. The Balaban J connectivity index is 1.77. The molecule has 2 aromatic heterocycles. The number of hydrogen-bond acceptors (Lipinski definition) is 10. The standard InChI is InChI=1S/C11H17BN5O6P/c1-20-7-6-4(2-21-24(12,19)23-6)22-10(7)17-9-5(16-11(17)18)8(13)14-3-15-9/h3-4,6-7,10,19,24H,2,12H2,1H3,(H,16,18)(H2,13,14,15)/t4-,6-,7?,10-/m1/s1. The molecule has 2 fully saturated rings. The number of aromatic nitrogens is 4. The molecule has 0 amide bonds. The Hall–Kier alpha value is -1.56. The van der Waals surface area contributed by atoms with Crippen LogP contribution in [0.15, 0.2) is 6.33 Å². The molecule has 4 N–H and O–H groups in total. The summed E-state index contributed by atoms with van der Waals surface area (Å²) < 4.78 is 23.8. The van der Waals surface area contributed by atoms with Crippen molar-refractivity contribution in [3.05, 3.63) is 6.33 Å². The number of hydrogen-bond donors (Lipinski definition) is 3. The summed E-state index contributed by atoms with van der Waals surface area (Å²) in [7, 11) is -0.191. The van der Waals surface area contributed by atoms with Gasteiger partial charge in [-0.2, -0.15) is 0 Å². The van der Waals surface area contributed by atoms with Crippen LogP contribution in [0.5, 0.6) is 6.01 Å². The summed E-state index contributed by atoms with van der Waals surface area (Å²) >= 11 is 0. The zero-order valence-corrected chi connectivity index (χ0v) is 14.0. The Kier molecular flexibility index (Phi) is 3.64. The average Bonchev–Trinajstić information content (AvgIpc) is 3.03. The van der Waals surface area contributed by atoms with Gasteiger partial charge in [0.05, 0.1) is 0 Å². The number of nitrogens with two attached hydrogens (primary N) is 1. The van der Waals surface area contributed by atoms with Crippen molar-refractivity contribution in [1.82, 2.24) is 19.5 Å². The Morgan fingerprint density at radius 1 is 1.50 bits per heavy atom. The van der Waals surface area contributed by atoms with Crippen LogP contribution in [-0.4, -0.2) is 69.1 Å². The summed E-state index contributed by atoms with van der Waals surface area (Å²) in [6.07, 6.45) is -1.08. The van der Waals surface area contributed by atoms with Crippen molar-refractivity contribution in [2.45, 2.75) is 24.5 Å². The first-order valence-electron chi connectivity index (χ1n) is 7.31. The molecular weight excluding hydrogens is 340 g/mol. The van der Waals surface area contributed by atoms with Crippen LogP contribution in [0.25, 0.3) is 11.2 Å². The summed E-state index contributed by atoms with van der Waals surface area (Å²) in [5.74, 6) is 0.147. The molecule has 0 saturated carbocycles. The molecule has 13 heteroatoms. The van der Waals surface area contributed by atoms with E-state index < -0.39 is 32.4 Å². The van der Waals surface area contributed by atoms with Crippen molar-refractivity contribution in [3.63, 3.8) is 0 Å². The number of imidazole rings is 1. The SMILES string of the molecule is B[PH]1(O)OC[C@H]2O[C@@H](n3c(O)nc4c(N)ncnc43)C(OC)[C@@H]2O1. The number of anilines is 1. The first-order chi connectivity index (χ1) is 11.4. The molecule has 4 atom stereocenters. The Morgan fingerprint density at radius 2 is 2.29 bits per heavy atom. The molecule has 130 valence electrons. The number of ether oxygens (including phenoxy) is 2. The second-order valence-corrected chi connectivity index (χ2v) is 8.09. The van der Waals surface area contributed by atoms with Crippen molar-refractivity contribution in [2.75, 3.05) is 19.5 Å². The molecule has 2 aromatic rings. The van der Waals surface area contributed by atoms with E-state index in [4.69, 9.17) is 24.3 Å². The minimum absolute atomic E-state index is 0.147. The van der Waals surface area contributed by atoms with Gasteiger partial charge in [0, 0.05) is 0 Å². The van der Waals surface area contributed by atoms with E-state index in [2.05, 4.69) is 15.0 Å². The summed E-state index contributed by atoms with van der Waals surface area (Å²) in [6, 6.07) is -0.326. The van der Waals surface area contributed by atoms with Crippen molar-refractivity contribution < 1.29 is 28.5 Å². The maximum atomic E-state index is 10.2. The molecule has 0 radical (unpaired) electrons. The molecule has 24 heavy (non-hydrogen) atoms. The van der Waals surface area contributed by atoms with Gasteiger partial charge in [-0.05, 0) is 0 Å². The van der Waals surface area contributed by atoms with Gasteiger partial charge in [0.15, 0.2) is 0 Å². The van der Waals surface area contributed by atoms with Gasteiger partial charge in [-0.3, -0.25) is 0 Å². The van der Waals surface area contributed by atoms with E-state index in [1.807, 2.05) is 0 Å². The van der Waals surface area contributed by atoms with Crippen LogP contribution in [0.3, 0.4) is 0 Å². The van der Waals surface area contributed by atoms with E-state index in [0.717, 1.165) is 0 Å². The van der Waals surface area contributed by atoms with Gasteiger partial charge in [-0.1, -0.05) is 0 Å². The Bertz CT molecular complexity index is 790. The second kappa shape index (κ2) is 5.48. The number of fused-ring (bicyclic) bond motifs is 2. The van der Waals surface area contributed by atoms with Crippen LogP contribution in [0, 0.1) is 0 Å². The summed E-state index contributed by atoms with van der Waals surface area (Å²) in [6.45, 7) is 0.171. The number of rotatable bonds is 2. The fourth-order valence-electron chi connectivity index (χ4n) is 3.12. The summed E-state index contributed by atoms with van der Waals surface area (Å²) in [4.78, 5) is 22.1. The fraction of sp³-hybridized carbons (Fsp3) is 0.545. The number of aromatic hydroxyl groups is 1. The predicted octanol–water partition coefficient (Wildman–Crippen LogP) is -1.52. The van der Waals surface area contributed by atoms with Crippen LogP contribution in [0.1, 0.15) is 6.23 Å². The van der Waals surface area contributed by atoms with Gasteiger partial charge in [-0.15, -0.1) is 0 Å². The number of nitrogens with zero attached hydrogens (tertiary/aromatic N) is 4. The van der Waals surface area contributed by atoms with Crippen LogP contribution in [0.4, 0.5) is 5.82 Å². The Labute approximate surface area is 137 Å². The van der Waals surface area contributed by atoms with Gasteiger partial charge in [-0.25, -0.2) is 0 Å². The molecule has 1 unspecified atom stereocenters. The minimum atomic E-state index is -3.22. The van der Waals surface area contributed by atoms with Crippen molar-refractivity contribution >= 4 is 32.4 Å². The van der Waals surface area contributed by atoms with Gasteiger partial charge in [0.2, 0.25) is 0 Å². The first-order valence-corrected chi connectivity index (χ1v) is 9.57. The van der Waals surface area contributed by atoms with Crippen molar-refractivity contribution in [1.29, 1.82) is 0 Å². The third kappa shape index (κ3) is 2.34. The molecule has 4 rings (SSSR count). The normalized spacial score (nSPS) is 33.4. The number of nitrogen functional groups attached to an aromatic ring is 1.